The Morgan fingerprint density at radius 1 is 0.892 bits per heavy atom. The summed E-state index contributed by atoms with van der Waals surface area (Å²) in [5, 5.41) is 47.2. The lowest BCUT2D eigenvalue weighted by Crippen LogP contribution is -2.28. The van der Waals surface area contributed by atoms with E-state index in [1.807, 2.05) is 0 Å². The number of carbonyl (C=O) groups excluding carboxylic acids is 2. The van der Waals surface area contributed by atoms with Gasteiger partial charge in [0.1, 0.15) is 17.2 Å². The standard InChI is InChI=1S/C24H18N6O7/c25-22-20(27-29-24(34)16-9-2-4-11-18(16)32)19(26-28-23(33)15-8-1-3-10-17(15)31)21(37-22)13-6-5-7-14(12-13)30(35)36/h1-12,21,25,31-32H,(H,28,33)(H,29,34). The molecule has 1 aliphatic rings. The SMILES string of the molecule is N=C1OC(c2cccc([N+](=O)[O-])c2)C(=NNC(=O)c2ccccc2O)C1=NNC(=O)c1ccccc1O. The van der Waals surface area contributed by atoms with E-state index in [1.54, 1.807) is 0 Å². The zero-order valence-electron chi connectivity index (χ0n) is 18.8. The van der Waals surface area contributed by atoms with Crippen LogP contribution >= 0.6 is 0 Å². The van der Waals surface area contributed by atoms with Crippen LogP contribution in [0.25, 0.3) is 0 Å². The van der Waals surface area contributed by atoms with Crippen LogP contribution in [-0.4, -0.2) is 44.3 Å². The number of phenolic OH excluding ortho intramolecular Hbond substituents is 2. The summed E-state index contributed by atoms with van der Waals surface area (Å²) in [7, 11) is 0. The number of nitro groups is 1. The highest BCUT2D eigenvalue weighted by Crippen LogP contribution is 2.29. The van der Waals surface area contributed by atoms with Gasteiger partial charge in [-0.15, -0.1) is 0 Å². The predicted octanol–water partition coefficient (Wildman–Crippen LogP) is 2.63. The molecule has 4 rings (SSSR count). The summed E-state index contributed by atoms with van der Waals surface area (Å²) >= 11 is 0. The molecule has 1 fully saturated rings. The molecule has 1 atom stereocenters. The van der Waals surface area contributed by atoms with Gasteiger partial charge < -0.3 is 14.9 Å². The van der Waals surface area contributed by atoms with Gasteiger partial charge in [0.05, 0.1) is 16.1 Å². The maximum atomic E-state index is 12.6. The van der Waals surface area contributed by atoms with Gasteiger partial charge in [-0.2, -0.15) is 10.2 Å². The molecule has 3 aromatic rings. The highest BCUT2D eigenvalue weighted by atomic mass is 16.6. The molecule has 0 bridgehead atoms. The average Bonchev–Trinajstić information content (AvgIpc) is 3.21. The molecule has 3 aromatic carbocycles. The largest absolute Gasteiger partial charge is 0.507 e. The van der Waals surface area contributed by atoms with Crippen molar-refractivity contribution in [1.29, 1.82) is 5.41 Å². The molecule has 0 aliphatic carbocycles. The van der Waals surface area contributed by atoms with Crippen LogP contribution in [0.1, 0.15) is 32.4 Å². The number of carbonyl (C=O) groups is 2. The van der Waals surface area contributed by atoms with Crippen LogP contribution in [0, 0.1) is 15.5 Å². The number of hydrazone groups is 2. The molecule has 5 N–H and O–H groups in total. The summed E-state index contributed by atoms with van der Waals surface area (Å²) in [6, 6.07) is 16.8. The van der Waals surface area contributed by atoms with Crippen molar-refractivity contribution in [3.63, 3.8) is 0 Å². The van der Waals surface area contributed by atoms with Crippen LogP contribution in [0.5, 0.6) is 11.5 Å². The van der Waals surface area contributed by atoms with Gasteiger partial charge in [-0.1, -0.05) is 36.4 Å². The quantitative estimate of drug-likeness (QED) is 0.252. The molecule has 0 radical (unpaired) electrons. The lowest BCUT2D eigenvalue weighted by Gasteiger charge is -2.11. The van der Waals surface area contributed by atoms with Crippen molar-refractivity contribution < 1.29 is 29.5 Å². The first-order valence-electron chi connectivity index (χ1n) is 10.6. The highest BCUT2D eigenvalue weighted by molar-refractivity contribution is 6.69. The van der Waals surface area contributed by atoms with E-state index in [2.05, 4.69) is 21.1 Å². The Hall–Kier alpha value is -5.59. The first-order valence-corrected chi connectivity index (χ1v) is 10.6. The van der Waals surface area contributed by atoms with E-state index >= 15 is 0 Å². The topological polar surface area (TPSA) is 200 Å². The minimum absolute atomic E-state index is 0.0842. The normalized spacial score (nSPS) is 16.9. The molecule has 2 amide bonds. The second-order valence-electron chi connectivity index (χ2n) is 7.55. The fourth-order valence-electron chi connectivity index (χ4n) is 3.39. The van der Waals surface area contributed by atoms with Crippen LogP contribution < -0.4 is 10.9 Å². The molecular formula is C24H18N6O7. The van der Waals surface area contributed by atoms with Crippen molar-refractivity contribution in [1.82, 2.24) is 10.9 Å². The van der Waals surface area contributed by atoms with E-state index in [0.29, 0.717) is 0 Å². The number of hydrogen-bond acceptors (Lipinski definition) is 10. The molecule has 0 aromatic heterocycles. The highest BCUT2D eigenvalue weighted by Gasteiger charge is 2.38. The van der Waals surface area contributed by atoms with Gasteiger partial charge in [0.2, 0.25) is 5.90 Å². The third kappa shape index (κ3) is 5.24. The summed E-state index contributed by atoms with van der Waals surface area (Å²) < 4.78 is 5.53. The second-order valence-corrected chi connectivity index (χ2v) is 7.55. The number of hydrogen-bond donors (Lipinski definition) is 5. The third-order valence-corrected chi connectivity index (χ3v) is 5.17. The Kier molecular flexibility index (Phi) is 6.86. The summed E-state index contributed by atoms with van der Waals surface area (Å²) in [6.45, 7) is 0. The monoisotopic (exact) mass is 502 g/mol. The van der Waals surface area contributed by atoms with Crippen molar-refractivity contribution in [3.8, 4) is 11.5 Å². The molecule has 1 aliphatic heterocycles. The van der Waals surface area contributed by atoms with Crippen molar-refractivity contribution >= 4 is 34.8 Å². The number of nitro benzene ring substituents is 1. The maximum absolute atomic E-state index is 12.6. The van der Waals surface area contributed by atoms with Crippen LogP contribution in [0.15, 0.2) is 83.0 Å². The number of non-ortho nitro benzene ring substituents is 1. The Morgan fingerprint density at radius 2 is 1.46 bits per heavy atom. The Bertz CT molecular complexity index is 1480. The van der Waals surface area contributed by atoms with Gasteiger partial charge in [-0.3, -0.25) is 25.1 Å². The fourth-order valence-corrected chi connectivity index (χ4v) is 3.39. The van der Waals surface area contributed by atoms with Crippen LogP contribution in [0.4, 0.5) is 5.69 Å². The van der Waals surface area contributed by atoms with Crippen LogP contribution in [0.2, 0.25) is 0 Å². The van der Waals surface area contributed by atoms with Crippen LogP contribution in [0.3, 0.4) is 0 Å². The van der Waals surface area contributed by atoms with E-state index < -0.39 is 28.7 Å². The Morgan fingerprint density at radius 3 is 2.03 bits per heavy atom. The molecule has 0 saturated carbocycles. The van der Waals surface area contributed by atoms with E-state index in [0.717, 1.165) is 0 Å². The van der Waals surface area contributed by atoms with Gasteiger partial charge in [0.15, 0.2) is 11.8 Å². The predicted molar refractivity (Wildman–Crippen MR) is 131 cm³/mol. The third-order valence-electron chi connectivity index (χ3n) is 5.17. The van der Waals surface area contributed by atoms with Gasteiger partial charge >= 0.3 is 0 Å². The number of nitrogens with zero attached hydrogens (tertiary/aromatic N) is 3. The van der Waals surface area contributed by atoms with Crippen molar-refractivity contribution in [3.05, 3.63) is 99.6 Å². The zero-order valence-corrected chi connectivity index (χ0v) is 18.8. The van der Waals surface area contributed by atoms with Crippen molar-refractivity contribution in [2.45, 2.75) is 6.10 Å². The maximum Gasteiger partial charge on any atom is 0.275 e. The molecule has 13 heteroatoms. The van der Waals surface area contributed by atoms with Gasteiger partial charge in [-0.25, -0.2) is 10.9 Å². The number of rotatable bonds is 6. The molecule has 1 saturated heterocycles. The van der Waals surface area contributed by atoms with E-state index in [9.17, 15) is 29.9 Å². The average molecular weight is 502 g/mol. The van der Waals surface area contributed by atoms with E-state index in [-0.39, 0.29) is 45.3 Å². The smallest absolute Gasteiger partial charge is 0.275 e. The molecule has 1 heterocycles. The number of phenols is 2. The summed E-state index contributed by atoms with van der Waals surface area (Å²) in [5.74, 6) is -2.72. The minimum Gasteiger partial charge on any atom is -0.507 e. The summed E-state index contributed by atoms with van der Waals surface area (Å²) in [4.78, 5) is 35.7. The Balaban J connectivity index is 1.70. The first kappa shape index (κ1) is 24.5. The second kappa shape index (κ2) is 10.4. The number of para-hydroxylation sites is 2. The Labute approximate surface area is 208 Å². The molecule has 1 unspecified atom stereocenters. The van der Waals surface area contributed by atoms with Crippen molar-refractivity contribution in [2.75, 3.05) is 0 Å². The van der Waals surface area contributed by atoms with E-state index in [1.165, 1.54) is 72.8 Å². The van der Waals surface area contributed by atoms with Crippen molar-refractivity contribution in [2.24, 2.45) is 10.2 Å². The number of nitrogens with one attached hydrogen (secondary N) is 3. The van der Waals surface area contributed by atoms with Gasteiger partial charge in [-0.05, 0) is 24.3 Å². The van der Waals surface area contributed by atoms with E-state index in [4.69, 9.17) is 10.1 Å². The van der Waals surface area contributed by atoms with Gasteiger partial charge in [0.25, 0.3) is 17.5 Å². The molecule has 37 heavy (non-hydrogen) atoms. The number of ether oxygens (including phenoxy) is 1. The van der Waals surface area contributed by atoms with Gasteiger partial charge in [0, 0.05) is 17.7 Å². The zero-order chi connectivity index (χ0) is 26.5. The number of aromatic hydroxyl groups is 2. The van der Waals surface area contributed by atoms with Crippen LogP contribution in [-0.2, 0) is 4.74 Å². The molecular weight excluding hydrogens is 484 g/mol. The molecule has 186 valence electrons. The minimum atomic E-state index is -1.20. The lowest BCUT2D eigenvalue weighted by atomic mass is 10.0. The summed E-state index contributed by atoms with van der Waals surface area (Å²) in [6.07, 6.45) is -1.20. The first-order chi connectivity index (χ1) is 17.8. The number of amides is 2. The summed E-state index contributed by atoms with van der Waals surface area (Å²) in [5.41, 5.74) is 3.83. The number of benzene rings is 3. The fraction of sp³-hybridized carbons (Fsp3) is 0.0417. The lowest BCUT2D eigenvalue weighted by molar-refractivity contribution is -0.384. The molecule has 0 spiro atoms. The molecule has 13 nitrogen and oxygen atoms in total.